The molecule has 1 saturated heterocycles. The van der Waals surface area contributed by atoms with Crippen LogP contribution in [0.5, 0.6) is 5.88 Å². The highest BCUT2D eigenvalue weighted by Gasteiger charge is 2.21. The van der Waals surface area contributed by atoms with E-state index in [9.17, 15) is 4.79 Å². The van der Waals surface area contributed by atoms with Gasteiger partial charge >= 0.3 is 0 Å². The van der Waals surface area contributed by atoms with E-state index in [0.717, 1.165) is 30.8 Å². The molecule has 132 valence electrons. The van der Waals surface area contributed by atoms with Crippen molar-refractivity contribution in [3.05, 3.63) is 41.0 Å². The van der Waals surface area contributed by atoms with Gasteiger partial charge in [0.25, 0.3) is 5.91 Å². The lowest BCUT2D eigenvalue weighted by atomic mass is 10.0. The highest BCUT2D eigenvalue weighted by Crippen LogP contribution is 2.21. The monoisotopic (exact) mass is 359 g/mol. The first-order valence-electron chi connectivity index (χ1n) is 8.53. The van der Waals surface area contributed by atoms with E-state index in [-0.39, 0.29) is 12.5 Å². The molecule has 1 aliphatic heterocycles. The molecule has 1 aromatic heterocycles. The molecule has 0 radical (unpaired) electrons. The van der Waals surface area contributed by atoms with E-state index in [1.54, 1.807) is 18.2 Å². The molecular weight excluding hydrogens is 338 g/mol. The average Bonchev–Trinajstić information content (AvgIpc) is 2.60. The molecule has 0 bridgehead atoms. The number of aryl methyl sites for hydroxylation is 1. The van der Waals surface area contributed by atoms with Gasteiger partial charge < -0.3 is 9.64 Å². The first-order valence-corrected chi connectivity index (χ1v) is 8.91. The second-order valence-electron chi connectivity index (χ2n) is 6.55. The van der Waals surface area contributed by atoms with Crippen LogP contribution in [0.3, 0.4) is 0 Å². The standard InChI is InChI=1S/C19H22ClN3O2/c1-13-4-3-9-23(11-13)18(24)12-25-17-10-14(2)21-19(22-17)15-5-7-16(20)8-6-15/h5-8,10,13H,3-4,9,11-12H2,1-2H3/t13-/m0/s1. The summed E-state index contributed by atoms with van der Waals surface area (Å²) in [5.41, 5.74) is 1.64. The quantitative estimate of drug-likeness (QED) is 0.834. The van der Waals surface area contributed by atoms with Crippen LogP contribution < -0.4 is 4.74 Å². The van der Waals surface area contributed by atoms with Crippen LogP contribution in [0.1, 0.15) is 25.5 Å². The topological polar surface area (TPSA) is 55.3 Å². The Morgan fingerprint density at radius 1 is 1.32 bits per heavy atom. The number of carbonyl (C=O) groups excluding carboxylic acids is 1. The van der Waals surface area contributed by atoms with Crippen molar-refractivity contribution in [3.8, 4) is 17.3 Å². The summed E-state index contributed by atoms with van der Waals surface area (Å²) in [6.07, 6.45) is 2.24. The SMILES string of the molecule is Cc1cc(OCC(=O)N2CCC[C@H](C)C2)nc(-c2ccc(Cl)cc2)n1. The molecule has 1 amide bonds. The fraction of sp³-hybridized carbons (Fsp3) is 0.421. The highest BCUT2D eigenvalue weighted by molar-refractivity contribution is 6.30. The largest absolute Gasteiger partial charge is 0.467 e. The molecule has 1 aliphatic rings. The Labute approximate surface area is 153 Å². The summed E-state index contributed by atoms with van der Waals surface area (Å²) in [6.45, 7) is 5.67. The third-order valence-corrected chi connectivity index (χ3v) is 4.54. The van der Waals surface area contributed by atoms with E-state index < -0.39 is 0 Å². The summed E-state index contributed by atoms with van der Waals surface area (Å²) < 4.78 is 5.65. The Kier molecular flexibility index (Phi) is 5.53. The molecule has 0 unspecified atom stereocenters. The van der Waals surface area contributed by atoms with E-state index >= 15 is 0 Å². The van der Waals surface area contributed by atoms with Gasteiger partial charge in [0.1, 0.15) is 0 Å². The molecule has 2 aromatic rings. The first-order chi connectivity index (χ1) is 12.0. The minimum absolute atomic E-state index is 0.00321. The number of carbonyl (C=O) groups is 1. The lowest BCUT2D eigenvalue weighted by Crippen LogP contribution is -2.41. The van der Waals surface area contributed by atoms with Crippen molar-refractivity contribution in [2.24, 2.45) is 5.92 Å². The van der Waals surface area contributed by atoms with Gasteiger partial charge in [0.15, 0.2) is 12.4 Å². The number of ether oxygens (including phenoxy) is 1. The molecule has 0 aliphatic carbocycles. The predicted molar refractivity (Wildman–Crippen MR) is 97.7 cm³/mol. The normalized spacial score (nSPS) is 17.4. The molecule has 1 fully saturated rings. The number of nitrogens with zero attached hydrogens (tertiary/aromatic N) is 3. The van der Waals surface area contributed by atoms with E-state index in [0.29, 0.717) is 22.6 Å². The van der Waals surface area contributed by atoms with Crippen LogP contribution in [0.25, 0.3) is 11.4 Å². The van der Waals surface area contributed by atoms with Crippen molar-refractivity contribution >= 4 is 17.5 Å². The number of likely N-dealkylation sites (tertiary alicyclic amines) is 1. The number of piperidine rings is 1. The zero-order valence-corrected chi connectivity index (χ0v) is 15.3. The van der Waals surface area contributed by atoms with Gasteiger partial charge in [-0.25, -0.2) is 4.98 Å². The van der Waals surface area contributed by atoms with E-state index in [2.05, 4.69) is 16.9 Å². The third-order valence-electron chi connectivity index (χ3n) is 4.29. The van der Waals surface area contributed by atoms with Crippen LogP contribution in [0.4, 0.5) is 0 Å². The molecule has 25 heavy (non-hydrogen) atoms. The van der Waals surface area contributed by atoms with Crippen LogP contribution in [0.15, 0.2) is 30.3 Å². The number of benzene rings is 1. The third kappa shape index (κ3) is 4.69. The maximum atomic E-state index is 12.3. The lowest BCUT2D eigenvalue weighted by molar-refractivity contribution is -0.135. The van der Waals surface area contributed by atoms with Crippen LogP contribution in [-0.2, 0) is 4.79 Å². The summed E-state index contributed by atoms with van der Waals surface area (Å²) in [6, 6.07) is 9.06. The molecule has 0 saturated carbocycles. The van der Waals surface area contributed by atoms with Crippen LogP contribution >= 0.6 is 11.6 Å². The fourth-order valence-electron chi connectivity index (χ4n) is 2.98. The summed E-state index contributed by atoms with van der Waals surface area (Å²) in [4.78, 5) is 23.1. The second-order valence-corrected chi connectivity index (χ2v) is 6.99. The van der Waals surface area contributed by atoms with Crippen molar-refractivity contribution in [2.45, 2.75) is 26.7 Å². The minimum Gasteiger partial charge on any atom is -0.467 e. The van der Waals surface area contributed by atoms with E-state index in [1.807, 2.05) is 24.0 Å². The van der Waals surface area contributed by atoms with Gasteiger partial charge in [0, 0.05) is 35.4 Å². The summed E-state index contributed by atoms with van der Waals surface area (Å²) in [5, 5.41) is 0.661. The van der Waals surface area contributed by atoms with E-state index in [4.69, 9.17) is 16.3 Å². The molecule has 1 aromatic carbocycles. The van der Waals surface area contributed by atoms with Gasteiger partial charge in [-0.05, 0) is 49.9 Å². The Morgan fingerprint density at radius 2 is 2.08 bits per heavy atom. The fourth-order valence-corrected chi connectivity index (χ4v) is 3.11. The van der Waals surface area contributed by atoms with Gasteiger partial charge in [-0.1, -0.05) is 18.5 Å². The van der Waals surface area contributed by atoms with Gasteiger partial charge in [0.2, 0.25) is 5.88 Å². The minimum atomic E-state index is 0.00321. The number of rotatable bonds is 4. The molecule has 0 N–H and O–H groups in total. The van der Waals surface area contributed by atoms with Crippen molar-refractivity contribution in [3.63, 3.8) is 0 Å². The Bertz CT molecular complexity index is 749. The summed E-state index contributed by atoms with van der Waals surface area (Å²) >= 11 is 5.92. The number of hydrogen-bond donors (Lipinski definition) is 0. The predicted octanol–water partition coefficient (Wildman–Crippen LogP) is 3.74. The zero-order valence-electron chi connectivity index (χ0n) is 14.5. The zero-order chi connectivity index (χ0) is 17.8. The Balaban J connectivity index is 1.68. The Hall–Kier alpha value is -2.14. The van der Waals surface area contributed by atoms with Crippen LogP contribution in [0.2, 0.25) is 5.02 Å². The van der Waals surface area contributed by atoms with Gasteiger partial charge in [0.05, 0.1) is 0 Å². The number of amides is 1. The smallest absolute Gasteiger partial charge is 0.260 e. The van der Waals surface area contributed by atoms with Crippen molar-refractivity contribution in [1.82, 2.24) is 14.9 Å². The number of aromatic nitrogens is 2. The molecule has 0 spiro atoms. The molecule has 3 rings (SSSR count). The van der Waals surface area contributed by atoms with Crippen LogP contribution in [0, 0.1) is 12.8 Å². The highest BCUT2D eigenvalue weighted by atomic mass is 35.5. The Morgan fingerprint density at radius 3 is 2.80 bits per heavy atom. The van der Waals surface area contributed by atoms with Gasteiger partial charge in [-0.2, -0.15) is 4.98 Å². The molecular formula is C19H22ClN3O2. The average molecular weight is 360 g/mol. The molecule has 5 nitrogen and oxygen atoms in total. The first kappa shape index (κ1) is 17.7. The van der Waals surface area contributed by atoms with Gasteiger partial charge in [-0.3, -0.25) is 4.79 Å². The molecule has 2 heterocycles. The van der Waals surface area contributed by atoms with E-state index in [1.165, 1.54) is 6.42 Å². The maximum Gasteiger partial charge on any atom is 0.260 e. The van der Waals surface area contributed by atoms with Crippen molar-refractivity contribution in [1.29, 1.82) is 0 Å². The number of hydrogen-bond acceptors (Lipinski definition) is 4. The number of halogens is 1. The molecule has 1 atom stereocenters. The lowest BCUT2D eigenvalue weighted by Gasteiger charge is -2.30. The molecule has 6 heteroatoms. The summed E-state index contributed by atoms with van der Waals surface area (Å²) in [5.74, 6) is 1.54. The van der Waals surface area contributed by atoms with Crippen molar-refractivity contribution < 1.29 is 9.53 Å². The van der Waals surface area contributed by atoms with Crippen LogP contribution in [-0.4, -0.2) is 40.5 Å². The maximum absolute atomic E-state index is 12.3. The summed E-state index contributed by atoms with van der Waals surface area (Å²) in [7, 11) is 0. The second kappa shape index (κ2) is 7.83. The van der Waals surface area contributed by atoms with Gasteiger partial charge in [-0.15, -0.1) is 0 Å². The van der Waals surface area contributed by atoms with Crippen molar-refractivity contribution in [2.75, 3.05) is 19.7 Å².